The topological polar surface area (TPSA) is 86.8 Å². The largest absolute Gasteiger partial charge is 0.357 e. The number of rotatable bonds is 11. The number of aryl methyl sites for hydroxylation is 3. The van der Waals surface area contributed by atoms with Gasteiger partial charge in [0, 0.05) is 24.5 Å². The van der Waals surface area contributed by atoms with Crippen molar-refractivity contribution in [2.24, 2.45) is 0 Å². The minimum Gasteiger partial charge on any atom is -0.357 e. The molecule has 0 spiro atoms. The summed E-state index contributed by atoms with van der Waals surface area (Å²) in [6.07, 6.45) is 0.259. The van der Waals surface area contributed by atoms with Gasteiger partial charge in [-0.1, -0.05) is 82.2 Å². The van der Waals surface area contributed by atoms with Gasteiger partial charge in [-0.15, -0.1) is 0 Å². The first-order chi connectivity index (χ1) is 20.5. The molecule has 4 rings (SSSR count). The van der Waals surface area contributed by atoms with Crippen molar-refractivity contribution in [3.05, 3.63) is 129 Å². The molecule has 7 nitrogen and oxygen atoms in total. The van der Waals surface area contributed by atoms with Crippen LogP contribution in [0.3, 0.4) is 0 Å². The summed E-state index contributed by atoms with van der Waals surface area (Å²) in [7, 11) is -2.61. The highest BCUT2D eigenvalue weighted by molar-refractivity contribution is 9.10. The molecule has 0 saturated carbocycles. The molecule has 9 heteroatoms. The van der Waals surface area contributed by atoms with Crippen molar-refractivity contribution < 1.29 is 18.0 Å². The lowest BCUT2D eigenvalue weighted by molar-refractivity contribution is -0.139. The van der Waals surface area contributed by atoms with Gasteiger partial charge in [0.15, 0.2) is 0 Å². The van der Waals surface area contributed by atoms with Gasteiger partial charge in [-0.05, 0) is 79.4 Å². The minimum atomic E-state index is -4.14. The number of halogens is 1. The Labute approximate surface area is 262 Å². The number of benzene rings is 4. The molecule has 1 N–H and O–H groups in total. The maximum absolute atomic E-state index is 14.4. The number of sulfonamides is 1. The normalized spacial score (nSPS) is 11.9. The van der Waals surface area contributed by atoms with Crippen LogP contribution in [0.2, 0.25) is 0 Å². The van der Waals surface area contributed by atoms with Gasteiger partial charge in [-0.3, -0.25) is 13.9 Å². The van der Waals surface area contributed by atoms with Gasteiger partial charge in [0.25, 0.3) is 10.0 Å². The van der Waals surface area contributed by atoms with Crippen LogP contribution >= 0.6 is 15.9 Å². The number of anilines is 1. The van der Waals surface area contributed by atoms with Crippen molar-refractivity contribution in [3.63, 3.8) is 0 Å². The van der Waals surface area contributed by atoms with E-state index in [9.17, 15) is 18.0 Å². The Kier molecular flexibility index (Phi) is 10.4. The number of hydrogen-bond acceptors (Lipinski definition) is 4. The molecule has 0 saturated heterocycles. The molecular formula is C34H36BrN3O4S. The van der Waals surface area contributed by atoms with Crippen LogP contribution < -0.4 is 9.62 Å². The number of nitrogens with zero attached hydrogens (tertiary/aromatic N) is 2. The summed E-state index contributed by atoms with van der Waals surface area (Å²) in [6.45, 7) is 5.34. The fraction of sp³-hybridized carbons (Fsp3) is 0.235. The van der Waals surface area contributed by atoms with Crippen LogP contribution in [-0.4, -0.2) is 44.8 Å². The molecule has 0 bridgehead atoms. The fourth-order valence-corrected chi connectivity index (χ4v) is 6.65. The standard InChI is InChI=1S/C34H36BrN3O4S/c1-24-13-17-31(18-14-24)43(41,42)38(30-16-15-25(2)26(3)19-30)23-33(39)37(22-28-11-8-12-29(35)20-28)32(34(40)36-4)21-27-9-6-5-7-10-27/h5-20,32H,21-23H2,1-4H3,(H,36,40)/t32-/m1/s1. The highest BCUT2D eigenvalue weighted by atomic mass is 79.9. The quantitative estimate of drug-likeness (QED) is 0.215. The highest BCUT2D eigenvalue weighted by Crippen LogP contribution is 2.27. The van der Waals surface area contributed by atoms with Gasteiger partial charge in [-0.2, -0.15) is 0 Å². The van der Waals surface area contributed by atoms with Crippen LogP contribution in [0.15, 0.2) is 106 Å². The van der Waals surface area contributed by atoms with Crippen LogP contribution in [0.5, 0.6) is 0 Å². The second-order valence-electron chi connectivity index (χ2n) is 10.6. The third-order valence-electron chi connectivity index (χ3n) is 7.43. The summed E-state index contributed by atoms with van der Waals surface area (Å²) < 4.78 is 30.2. The molecule has 1 atom stereocenters. The second kappa shape index (κ2) is 14.0. The van der Waals surface area contributed by atoms with E-state index in [0.717, 1.165) is 36.6 Å². The monoisotopic (exact) mass is 661 g/mol. The van der Waals surface area contributed by atoms with Crippen LogP contribution in [0.1, 0.15) is 27.8 Å². The average molecular weight is 663 g/mol. The lowest BCUT2D eigenvalue weighted by Gasteiger charge is -2.33. The van der Waals surface area contributed by atoms with E-state index in [1.807, 2.05) is 81.4 Å². The predicted octanol–water partition coefficient (Wildman–Crippen LogP) is 5.96. The molecule has 4 aromatic carbocycles. The van der Waals surface area contributed by atoms with E-state index in [-0.39, 0.29) is 23.8 Å². The van der Waals surface area contributed by atoms with Gasteiger partial charge >= 0.3 is 0 Å². The Balaban J connectivity index is 1.80. The smallest absolute Gasteiger partial charge is 0.264 e. The molecule has 0 aliphatic carbocycles. The molecule has 0 aliphatic heterocycles. The van der Waals surface area contributed by atoms with Gasteiger partial charge < -0.3 is 10.2 Å². The van der Waals surface area contributed by atoms with Crippen LogP contribution in [0.4, 0.5) is 5.69 Å². The molecule has 0 aromatic heterocycles. The Hall–Kier alpha value is -3.95. The summed E-state index contributed by atoms with van der Waals surface area (Å²) in [5.41, 5.74) is 4.86. The van der Waals surface area contributed by atoms with Gasteiger partial charge in [0.05, 0.1) is 10.6 Å². The summed E-state index contributed by atoms with van der Waals surface area (Å²) in [5.74, 6) is -0.843. The number of likely N-dealkylation sites (N-methyl/N-ethyl adjacent to an activating group) is 1. The van der Waals surface area contributed by atoms with E-state index >= 15 is 0 Å². The average Bonchev–Trinajstić information content (AvgIpc) is 2.99. The van der Waals surface area contributed by atoms with E-state index in [1.54, 1.807) is 36.4 Å². The number of carbonyl (C=O) groups is 2. The third-order valence-corrected chi connectivity index (χ3v) is 9.71. The highest BCUT2D eigenvalue weighted by Gasteiger charge is 2.34. The number of hydrogen-bond donors (Lipinski definition) is 1. The summed E-state index contributed by atoms with van der Waals surface area (Å²) >= 11 is 3.49. The minimum absolute atomic E-state index is 0.0785. The summed E-state index contributed by atoms with van der Waals surface area (Å²) in [4.78, 5) is 29.3. The fourth-order valence-electron chi connectivity index (χ4n) is 4.80. The third kappa shape index (κ3) is 7.91. The van der Waals surface area contributed by atoms with Gasteiger partial charge in [-0.25, -0.2) is 8.42 Å². The Morgan fingerprint density at radius 3 is 2.12 bits per heavy atom. The van der Waals surface area contributed by atoms with Crippen molar-refractivity contribution in [3.8, 4) is 0 Å². The maximum Gasteiger partial charge on any atom is 0.264 e. The molecule has 4 aromatic rings. The first kappa shape index (κ1) is 32.0. The zero-order valence-electron chi connectivity index (χ0n) is 24.7. The Morgan fingerprint density at radius 1 is 0.814 bits per heavy atom. The predicted molar refractivity (Wildman–Crippen MR) is 174 cm³/mol. The number of carbonyl (C=O) groups excluding carboxylic acids is 2. The summed E-state index contributed by atoms with van der Waals surface area (Å²) in [6, 6.07) is 27.9. The zero-order valence-corrected chi connectivity index (χ0v) is 27.2. The molecule has 0 aliphatic rings. The molecule has 2 amide bonds. The van der Waals surface area contributed by atoms with Gasteiger partial charge in [0.1, 0.15) is 12.6 Å². The van der Waals surface area contributed by atoms with Crippen molar-refractivity contribution >= 4 is 43.5 Å². The van der Waals surface area contributed by atoms with E-state index in [0.29, 0.717) is 5.69 Å². The van der Waals surface area contributed by atoms with Gasteiger partial charge in [0.2, 0.25) is 11.8 Å². The molecule has 0 radical (unpaired) electrons. The molecule has 43 heavy (non-hydrogen) atoms. The zero-order chi connectivity index (χ0) is 31.1. The molecule has 0 unspecified atom stereocenters. The number of amides is 2. The van der Waals surface area contributed by atoms with E-state index in [1.165, 1.54) is 11.9 Å². The molecule has 0 fully saturated rings. The van der Waals surface area contributed by atoms with Crippen LogP contribution in [-0.2, 0) is 32.6 Å². The van der Waals surface area contributed by atoms with Crippen molar-refractivity contribution in [1.82, 2.24) is 10.2 Å². The molecular weight excluding hydrogens is 626 g/mol. The van der Waals surface area contributed by atoms with Crippen molar-refractivity contribution in [2.75, 3.05) is 17.9 Å². The van der Waals surface area contributed by atoms with Crippen molar-refractivity contribution in [1.29, 1.82) is 0 Å². The second-order valence-corrected chi connectivity index (χ2v) is 13.3. The Bertz CT molecular complexity index is 1690. The van der Waals surface area contributed by atoms with E-state index < -0.39 is 28.5 Å². The maximum atomic E-state index is 14.4. The lowest BCUT2D eigenvalue weighted by Crippen LogP contribution is -2.53. The molecule has 0 heterocycles. The van der Waals surface area contributed by atoms with Crippen LogP contribution in [0.25, 0.3) is 0 Å². The lowest BCUT2D eigenvalue weighted by atomic mass is 10.0. The summed E-state index contributed by atoms with van der Waals surface area (Å²) in [5, 5.41) is 2.70. The first-order valence-electron chi connectivity index (χ1n) is 14.0. The van der Waals surface area contributed by atoms with Crippen molar-refractivity contribution in [2.45, 2.75) is 44.7 Å². The molecule has 224 valence electrons. The first-order valence-corrected chi connectivity index (χ1v) is 16.2. The number of nitrogens with one attached hydrogen (secondary N) is 1. The van der Waals surface area contributed by atoms with E-state index in [4.69, 9.17) is 0 Å². The van der Waals surface area contributed by atoms with Crippen LogP contribution in [0, 0.1) is 20.8 Å². The van der Waals surface area contributed by atoms with E-state index in [2.05, 4.69) is 21.2 Å². The SMILES string of the molecule is CNC(=O)[C@@H](Cc1ccccc1)N(Cc1cccc(Br)c1)C(=O)CN(c1ccc(C)c(C)c1)S(=O)(=O)c1ccc(C)cc1. The Morgan fingerprint density at radius 2 is 1.49 bits per heavy atom.